The molecular weight excluding hydrogens is 198 g/mol. The van der Waals surface area contributed by atoms with Crippen molar-refractivity contribution >= 4 is 23.2 Å². The molecule has 0 nitrogen and oxygen atoms in total. The summed E-state index contributed by atoms with van der Waals surface area (Å²) in [5.74, 6) is -0.0165. The zero-order valence-corrected chi connectivity index (χ0v) is 8.58. The molecule has 0 heterocycles. The highest BCUT2D eigenvalue weighted by molar-refractivity contribution is 6.31. The van der Waals surface area contributed by atoms with Gasteiger partial charge < -0.3 is 0 Å². The molecule has 1 aliphatic carbocycles. The molecule has 0 fully saturated rings. The molecule has 0 aromatic rings. The fourth-order valence-electron chi connectivity index (χ4n) is 1.17. The van der Waals surface area contributed by atoms with Crippen molar-refractivity contribution in [1.82, 2.24) is 0 Å². The first-order valence-corrected chi connectivity index (χ1v) is 4.73. The van der Waals surface area contributed by atoms with Gasteiger partial charge >= 0.3 is 0 Å². The highest BCUT2D eigenvalue weighted by Crippen LogP contribution is 2.34. The van der Waals surface area contributed by atoms with Gasteiger partial charge in [0.2, 0.25) is 0 Å². The minimum atomic E-state index is -0.569. The van der Waals surface area contributed by atoms with Crippen LogP contribution in [0.15, 0.2) is 22.5 Å². The monoisotopic (exact) mass is 208 g/mol. The van der Waals surface area contributed by atoms with E-state index in [0.29, 0.717) is 11.5 Å². The number of hydrogen-bond acceptors (Lipinski definition) is 0. The van der Waals surface area contributed by atoms with E-state index in [4.69, 9.17) is 23.2 Å². The van der Waals surface area contributed by atoms with Crippen LogP contribution in [0.25, 0.3) is 0 Å². The SMILES string of the molecule is CC(C)C1=C(Cl)CC(Cl)C(F)=C1. The number of halogens is 3. The molecule has 1 aliphatic rings. The molecule has 0 spiro atoms. The Hall–Kier alpha value is -0.0100. The van der Waals surface area contributed by atoms with Gasteiger partial charge in [0, 0.05) is 11.5 Å². The molecule has 0 N–H and O–H groups in total. The lowest BCUT2D eigenvalue weighted by atomic mass is 9.96. The number of allylic oxidation sites excluding steroid dienone is 4. The Bertz CT molecular complexity index is 241. The van der Waals surface area contributed by atoms with Crippen LogP contribution in [0.2, 0.25) is 0 Å². The Morgan fingerprint density at radius 1 is 1.58 bits per heavy atom. The van der Waals surface area contributed by atoms with E-state index in [9.17, 15) is 4.39 Å². The van der Waals surface area contributed by atoms with Crippen LogP contribution in [-0.4, -0.2) is 5.38 Å². The molecule has 0 aromatic heterocycles. The third-order valence-electron chi connectivity index (χ3n) is 1.89. The Morgan fingerprint density at radius 3 is 2.67 bits per heavy atom. The van der Waals surface area contributed by atoms with Crippen molar-refractivity contribution in [3.05, 3.63) is 22.5 Å². The van der Waals surface area contributed by atoms with Crippen molar-refractivity contribution in [2.75, 3.05) is 0 Å². The zero-order valence-electron chi connectivity index (χ0n) is 7.07. The topological polar surface area (TPSA) is 0 Å². The van der Waals surface area contributed by atoms with Crippen LogP contribution in [0.1, 0.15) is 20.3 Å². The summed E-state index contributed by atoms with van der Waals surface area (Å²) in [5, 5.41) is 0.117. The lowest BCUT2D eigenvalue weighted by molar-refractivity contribution is 0.579. The summed E-state index contributed by atoms with van der Waals surface area (Å²) in [6.07, 6.45) is 1.87. The Labute approximate surface area is 82.0 Å². The molecule has 0 saturated carbocycles. The maximum atomic E-state index is 13.0. The van der Waals surface area contributed by atoms with Gasteiger partial charge in [0.1, 0.15) is 5.83 Å². The zero-order chi connectivity index (χ0) is 9.30. The van der Waals surface area contributed by atoms with Crippen LogP contribution < -0.4 is 0 Å². The summed E-state index contributed by atoms with van der Waals surface area (Å²) < 4.78 is 13.0. The van der Waals surface area contributed by atoms with Crippen molar-refractivity contribution < 1.29 is 4.39 Å². The van der Waals surface area contributed by atoms with Crippen molar-refractivity contribution in [3.8, 4) is 0 Å². The number of hydrogen-bond donors (Lipinski definition) is 0. The second-order valence-corrected chi connectivity index (χ2v) is 4.20. The first kappa shape index (κ1) is 10.1. The Kier molecular flexibility index (Phi) is 3.19. The summed E-state index contributed by atoms with van der Waals surface area (Å²) in [4.78, 5) is 0. The van der Waals surface area contributed by atoms with E-state index in [1.165, 1.54) is 6.08 Å². The Balaban J connectivity index is 2.94. The highest BCUT2D eigenvalue weighted by Gasteiger charge is 2.21. The van der Waals surface area contributed by atoms with Crippen molar-refractivity contribution in [2.24, 2.45) is 5.92 Å². The van der Waals surface area contributed by atoms with Gasteiger partial charge in [-0.3, -0.25) is 0 Å². The molecule has 0 bridgehead atoms. The van der Waals surface area contributed by atoms with Gasteiger partial charge in [-0.1, -0.05) is 25.4 Å². The molecular formula is C9H11Cl2F. The van der Waals surface area contributed by atoms with Crippen LogP contribution in [0.4, 0.5) is 4.39 Å². The summed E-state index contributed by atoms with van der Waals surface area (Å²) in [6.45, 7) is 3.96. The highest BCUT2D eigenvalue weighted by atomic mass is 35.5. The molecule has 0 amide bonds. The molecule has 68 valence electrons. The summed E-state index contributed by atoms with van der Waals surface area (Å²) >= 11 is 11.6. The van der Waals surface area contributed by atoms with Gasteiger partial charge in [0.25, 0.3) is 0 Å². The van der Waals surface area contributed by atoms with E-state index < -0.39 is 5.38 Å². The molecule has 1 atom stereocenters. The van der Waals surface area contributed by atoms with Gasteiger partial charge in [0.05, 0.1) is 5.38 Å². The van der Waals surface area contributed by atoms with Gasteiger partial charge in [-0.2, -0.15) is 0 Å². The van der Waals surface area contributed by atoms with Crippen LogP contribution in [0, 0.1) is 5.92 Å². The molecule has 0 saturated heterocycles. The third kappa shape index (κ3) is 2.02. The first-order chi connectivity index (χ1) is 5.52. The van der Waals surface area contributed by atoms with Crippen LogP contribution >= 0.6 is 23.2 Å². The molecule has 0 aromatic carbocycles. The molecule has 3 heteroatoms. The van der Waals surface area contributed by atoms with Crippen LogP contribution in [-0.2, 0) is 0 Å². The lowest BCUT2D eigenvalue weighted by Gasteiger charge is -2.18. The smallest absolute Gasteiger partial charge is 0.118 e. The van der Waals surface area contributed by atoms with E-state index in [1.807, 2.05) is 13.8 Å². The predicted octanol–water partition coefficient (Wildman–Crippen LogP) is 4.00. The summed E-state index contributed by atoms with van der Waals surface area (Å²) in [6, 6.07) is 0. The number of alkyl halides is 1. The molecule has 1 unspecified atom stereocenters. The van der Waals surface area contributed by atoms with Crippen molar-refractivity contribution in [1.29, 1.82) is 0 Å². The molecule has 1 rings (SSSR count). The fourth-order valence-corrected chi connectivity index (χ4v) is 1.89. The molecule has 0 aliphatic heterocycles. The van der Waals surface area contributed by atoms with Gasteiger partial charge in [0.15, 0.2) is 0 Å². The summed E-state index contributed by atoms with van der Waals surface area (Å²) in [5.41, 5.74) is 0.867. The standard InChI is InChI=1S/C9H11Cl2F/c1-5(2)6-3-9(12)8(11)4-7(6)10/h3,5,8H,4H2,1-2H3. The minimum absolute atomic E-state index is 0.257. The summed E-state index contributed by atoms with van der Waals surface area (Å²) in [7, 11) is 0. The van der Waals surface area contributed by atoms with Gasteiger partial charge in [-0.05, 0) is 17.6 Å². The van der Waals surface area contributed by atoms with Crippen LogP contribution in [0.3, 0.4) is 0 Å². The fraction of sp³-hybridized carbons (Fsp3) is 0.556. The largest absolute Gasteiger partial charge is 0.210 e. The van der Waals surface area contributed by atoms with E-state index >= 15 is 0 Å². The third-order valence-corrected chi connectivity index (χ3v) is 2.62. The lowest BCUT2D eigenvalue weighted by Crippen LogP contribution is -2.09. The predicted molar refractivity (Wildman–Crippen MR) is 51.2 cm³/mol. The average molecular weight is 209 g/mol. The molecule has 0 radical (unpaired) electrons. The second kappa shape index (κ2) is 3.80. The average Bonchev–Trinajstić information content (AvgIpc) is 1.96. The van der Waals surface area contributed by atoms with Crippen LogP contribution in [0.5, 0.6) is 0 Å². The normalized spacial score (nSPS) is 24.8. The second-order valence-electron chi connectivity index (χ2n) is 3.22. The van der Waals surface area contributed by atoms with Gasteiger partial charge in [-0.15, -0.1) is 11.6 Å². The van der Waals surface area contributed by atoms with E-state index in [0.717, 1.165) is 5.57 Å². The quantitative estimate of drug-likeness (QED) is 0.572. The maximum absolute atomic E-state index is 13.0. The number of rotatable bonds is 1. The van der Waals surface area contributed by atoms with E-state index in [1.54, 1.807) is 0 Å². The first-order valence-electron chi connectivity index (χ1n) is 3.92. The minimum Gasteiger partial charge on any atom is -0.210 e. The molecule has 12 heavy (non-hydrogen) atoms. The Morgan fingerprint density at radius 2 is 2.17 bits per heavy atom. The van der Waals surface area contributed by atoms with Crippen molar-refractivity contribution in [2.45, 2.75) is 25.6 Å². The van der Waals surface area contributed by atoms with Crippen molar-refractivity contribution in [3.63, 3.8) is 0 Å². The van der Waals surface area contributed by atoms with E-state index in [-0.39, 0.29) is 11.7 Å². The van der Waals surface area contributed by atoms with E-state index in [2.05, 4.69) is 0 Å². The van der Waals surface area contributed by atoms with Gasteiger partial charge in [-0.25, -0.2) is 4.39 Å². The maximum Gasteiger partial charge on any atom is 0.118 e.